The number of nitrogens with zero attached hydrogens (tertiary/aromatic N) is 2. The van der Waals surface area contributed by atoms with Crippen LogP contribution in [0.1, 0.15) is 17.3 Å². The highest BCUT2D eigenvalue weighted by atomic mass is 35.5. The molecule has 1 aliphatic heterocycles. The molecule has 0 spiro atoms. The van der Waals surface area contributed by atoms with Crippen molar-refractivity contribution in [1.29, 1.82) is 0 Å². The van der Waals surface area contributed by atoms with Crippen LogP contribution in [0.4, 0.5) is 11.4 Å². The Labute approximate surface area is 152 Å². The summed E-state index contributed by atoms with van der Waals surface area (Å²) in [7, 11) is 0. The van der Waals surface area contributed by atoms with Crippen LogP contribution in [0.25, 0.3) is 0 Å². The molecule has 130 valence electrons. The smallest absolute Gasteiger partial charge is 0.253 e. The monoisotopic (exact) mass is 357 g/mol. The fourth-order valence-electron chi connectivity index (χ4n) is 2.90. The maximum Gasteiger partial charge on any atom is 0.253 e. The van der Waals surface area contributed by atoms with Crippen molar-refractivity contribution in [2.45, 2.75) is 6.92 Å². The van der Waals surface area contributed by atoms with Gasteiger partial charge in [-0.3, -0.25) is 9.59 Å². The predicted molar refractivity (Wildman–Crippen MR) is 100 cm³/mol. The van der Waals surface area contributed by atoms with Crippen LogP contribution in [0.15, 0.2) is 48.5 Å². The van der Waals surface area contributed by atoms with Gasteiger partial charge in [-0.25, -0.2) is 0 Å². The highest BCUT2D eigenvalue weighted by Crippen LogP contribution is 2.20. The van der Waals surface area contributed by atoms with Crippen molar-refractivity contribution in [1.82, 2.24) is 4.90 Å². The van der Waals surface area contributed by atoms with Gasteiger partial charge >= 0.3 is 0 Å². The Kier molecular flexibility index (Phi) is 5.24. The van der Waals surface area contributed by atoms with Gasteiger partial charge in [-0.1, -0.05) is 11.6 Å². The molecule has 6 heteroatoms. The van der Waals surface area contributed by atoms with E-state index in [0.717, 1.165) is 24.5 Å². The summed E-state index contributed by atoms with van der Waals surface area (Å²) in [6, 6.07) is 14.8. The molecule has 1 N–H and O–H groups in total. The fourth-order valence-corrected chi connectivity index (χ4v) is 3.03. The number of piperazine rings is 1. The molecule has 0 unspecified atom stereocenters. The van der Waals surface area contributed by atoms with Crippen molar-refractivity contribution < 1.29 is 9.59 Å². The van der Waals surface area contributed by atoms with E-state index in [-0.39, 0.29) is 11.8 Å². The lowest BCUT2D eigenvalue weighted by atomic mass is 10.1. The molecule has 2 aromatic carbocycles. The summed E-state index contributed by atoms with van der Waals surface area (Å²) in [4.78, 5) is 27.7. The minimum absolute atomic E-state index is 0.0392. The second kappa shape index (κ2) is 7.57. The first-order valence-electron chi connectivity index (χ1n) is 8.20. The van der Waals surface area contributed by atoms with E-state index >= 15 is 0 Å². The first-order valence-corrected chi connectivity index (χ1v) is 8.58. The SMILES string of the molecule is CC(=O)Nc1ccc(N2CCN(C(=O)c3ccc(Cl)cc3)CC2)cc1. The molecule has 0 atom stereocenters. The number of carbonyl (C=O) groups excluding carboxylic acids is 2. The van der Waals surface area contributed by atoms with Crippen molar-refractivity contribution in [2.24, 2.45) is 0 Å². The minimum Gasteiger partial charge on any atom is -0.368 e. The molecule has 5 nitrogen and oxygen atoms in total. The Balaban J connectivity index is 1.58. The standard InChI is InChI=1S/C19H20ClN3O2/c1-14(24)21-17-6-8-18(9-7-17)22-10-12-23(13-11-22)19(25)15-2-4-16(20)5-3-15/h2-9H,10-13H2,1H3,(H,21,24). The molecule has 3 rings (SSSR count). The number of carbonyl (C=O) groups is 2. The Morgan fingerprint density at radius 3 is 2.08 bits per heavy atom. The molecule has 1 aliphatic rings. The van der Waals surface area contributed by atoms with Crippen LogP contribution in [-0.4, -0.2) is 42.9 Å². The minimum atomic E-state index is -0.0814. The second-order valence-electron chi connectivity index (χ2n) is 6.01. The third-order valence-corrected chi connectivity index (χ3v) is 4.46. The summed E-state index contributed by atoms with van der Waals surface area (Å²) in [6.45, 7) is 4.40. The second-order valence-corrected chi connectivity index (χ2v) is 6.45. The molecule has 0 radical (unpaired) electrons. The van der Waals surface area contributed by atoms with Crippen molar-refractivity contribution >= 4 is 34.8 Å². The number of amides is 2. The molecule has 2 amide bonds. The van der Waals surface area contributed by atoms with E-state index in [9.17, 15) is 9.59 Å². The van der Waals surface area contributed by atoms with Crippen LogP contribution in [0.2, 0.25) is 5.02 Å². The van der Waals surface area contributed by atoms with E-state index in [1.165, 1.54) is 6.92 Å². The lowest BCUT2D eigenvalue weighted by molar-refractivity contribution is -0.114. The van der Waals surface area contributed by atoms with Gasteiger partial charge < -0.3 is 15.1 Å². The van der Waals surface area contributed by atoms with Gasteiger partial charge in [0.2, 0.25) is 5.91 Å². The van der Waals surface area contributed by atoms with Crippen molar-refractivity contribution in [3.8, 4) is 0 Å². The quantitative estimate of drug-likeness (QED) is 0.917. The molecule has 0 aromatic heterocycles. The number of hydrogen-bond donors (Lipinski definition) is 1. The van der Waals surface area contributed by atoms with Gasteiger partial charge in [-0.2, -0.15) is 0 Å². The van der Waals surface area contributed by atoms with E-state index in [1.807, 2.05) is 29.2 Å². The predicted octanol–water partition coefficient (Wildman–Crippen LogP) is 3.26. The molecule has 2 aromatic rings. The maximum absolute atomic E-state index is 12.5. The van der Waals surface area contributed by atoms with Crippen LogP contribution in [-0.2, 0) is 4.79 Å². The highest BCUT2D eigenvalue weighted by Gasteiger charge is 2.22. The summed E-state index contributed by atoms with van der Waals surface area (Å²) in [5.41, 5.74) is 2.54. The normalized spacial score (nSPS) is 14.3. The van der Waals surface area contributed by atoms with Crippen molar-refractivity contribution in [3.05, 3.63) is 59.1 Å². The van der Waals surface area contributed by atoms with Crippen molar-refractivity contribution in [2.75, 3.05) is 36.4 Å². The Morgan fingerprint density at radius 2 is 1.52 bits per heavy atom. The average molecular weight is 358 g/mol. The summed E-state index contributed by atoms with van der Waals surface area (Å²) >= 11 is 5.87. The molecule has 1 saturated heterocycles. The molecule has 25 heavy (non-hydrogen) atoms. The zero-order chi connectivity index (χ0) is 17.8. The van der Waals surface area contributed by atoms with E-state index in [2.05, 4.69) is 10.2 Å². The van der Waals surface area contributed by atoms with E-state index in [1.54, 1.807) is 24.3 Å². The molecule has 0 aliphatic carbocycles. The summed E-state index contributed by atoms with van der Waals surface area (Å²) in [6.07, 6.45) is 0. The number of hydrogen-bond acceptors (Lipinski definition) is 3. The third kappa shape index (κ3) is 4.31. The molecule has 1 fully saturated rings. The van der Waals surface area contributed by atoms with E-state index in [0.29, 0.717) is 23.7 Å². The number of halogens is 1. The lowest BCUT2D eigenvalue weighted by Gasteiger charge is -2.36. The van der Waals surface area contributed by atoms with Crippen LogP contribution < -0.4 is 10.2 Å². The highest BCUT2D eigenvalue weighted by molar-refractivity contribution is 6.30. The van der Waals surface area contributed by atoms with Gasteiger partial charge in [-0.15, -0.1) is 0 Å². The topological polar surface area (TPSA) is 52.7 Å². The largest absolute Gasteiger partial charge is 0.368 e. The van der Waals surface area contributed by atoms with Gasteiger partial charge in [-0.05, 0) is 48.5 Å². The molecular formula is C19H20ClN3O2. The Bertz CT molecular complexity index is 751. The van der Waals surface area contributed by atoms with Crippen LogP contribution >= 0.6 is 11.6 Å². The number of benzene rings is 2. The average Bonchev–Trinajstić information content (AvgIpc) is 2.62. The van der Waals surface area contributed by atoms with Gasteiger partial charge in [0.05, 0.1) is 0 Å². The van der Waals surface area contributed by atoms with Crippen molar-refractivity contribution in [3.63, 3.8) is 0 Å². The number of nitrogens with one attached hydrogen (secondary N) is 1. The number of anilines is 2. The van der Waals surface area contributed by atoms with Crippen LogP contribution in [0.5, 0.6) is 0 Å². The summed E-state index contributed by atoms with van der Waals surface area (Å²) in [5.74, 6) is -0.0422. The van der Waals surface area contributed by atoms with Gasteiger partial charge in [0, 0.05) is 55.1 Å². The van der Waals surface area contributed by atoms with E-state index < -0.39 is 0 Å². The third-order valence-electron chi connectivity index (χ3n) is 4.21. The van der Waals surface area contributed by atoms with Gasteiger partial charge in [0.25, 0.3) is 5.91 Å². The Morgan fingerprint density at radius 1 is 0.920 bits per heavy atom. The first kappa shape index (κ1) is 17.3. The molecule has 0 bridgehead atoms. The van der Waals surface area contributed by atoms with Gasteiger partial charge in [0.15, 0.2) is 0 Å². The fraction of sp³-hybridized carbons (Fsp3) is 0.263. The lowest BCUT2D eigenvalue weighted by Crippen LogP contribution is -2.48. The summed E-state index contributed by atoms with van der Waals surface area (Å²) in [5, 5.41) is 3.39. The van der Waals surface area contributed by atoms with Crippen LogP contribution in [0.3, 0.4) is 0 Å². The molecular weight excluding hydrogens is 338 g/mol. The first-order chi connectivity index (χ1) is 12.0. The van der Waals surface area contributed by atoms with Gasteiger partial charge in [0.1, 0.15) is 0 Å². The van der Waals surface area contributed by atoms with Crippen LogP contribution in [0, 0.1) is 0 Å². The zero-order valence-electron chi connectivity index (χ0n) is 14.0. The summed E-state index contributed by atoms with van der Waals surface area (Å²) < 4.78 is 0. The maximum atomic E-state index is 12.5. The zero-order valence-corrected chi connectivity index (χ0v) is 14.8. The molecule has 0 saturated carbocycles. The number of rotatable bonds is 3. The Hall–Kier alpha value is -2.53. The molecule has 1 heterocycles. The van der Waals surface area contributed by atoms with E-state index in [4.69, 9.17) is 11.6 Å².